The average Bonchev–Trinajstić information content (AvgIpc) is 3.06. The number of carbonyl (C=O) groups is 1. The van der Waals surface area contributed by atoms with Gasteiger partial charge in [-0.1, -0.05) is 6.07 Å². The molecule has 0 aliphatic carbocycles. The lowest BCUT2D eigenvalue weighted by atomic mass is 9.92. The minimum atomic E-state index is 0.00318. The molecule has 0 radical (unpaired) electrons. The molecule has 1 saturated heterocycles. The summed E-state index contributed by atoms with van der Waals surface area (Å²) in [7, 11) is 0. The fourth-order valence-electron chi connectivity index (χ4n) is 3.82. The monoisotopic (exact) mass is 349 g/mol. The van der Waals surface area contributed by atoms with Gasteiger partial charge in [-0.25, -0.2) is 9.50 Å². The molecule has 6 nitrogen and oxygen atoms in total. The minimum absolute atomic E-state index is 0.00318. The Bertz CT molecular complexity index is 934. The van der Waals surface area contributed by atoms with Crippen LogP contribution >= 0.6 is 0 Å². The molecule has 134 valence electrons. The second-order valence-electron chi connectivity index (χ2n) is 7.16. The number of rotatable bonds is 3. The van der Waals surface area contributed by atoms with Gasteiger partial charge in [0.05, 0.1) is 0 Å². The van der Waals surface area contributed by atoms with E-state index in [2.05, 4.69) is 21.1 Å². The van der Waals surface area contributed by atoms with Gasteiger partial charge in [0.2, 0.25) is 0 Å². The van der Waals surface area contributed by atoms with Crippen LogP contribution in [-0.4, -0.2) is 43.5 Å². The first kappa shape index (κ1) is 16.7. The van der Waals surface area contributed by atoms with Crippen molar-refractivity contribution in [1.82, 2.24) is 24.5 Å². The zero-order chi connectivity index (χ0) is 18.1. The number of likely N-dealkylation sites (tertiary alicyclic amines) is 1. The van der Waals surface area contributed by atoms with Crippen molar-refractivity contribution in [2.24, 2.45) is 5.92 Å². The van der Waals surface area contributed by atoms with Gasteiger partial charge in [-0.15, -0.1) is 0 Å². The molecule has 0 saturated carbocycles. The highest BCUT2D eigenvalue weighted by molar-refractivity contribution is 5.93. The van der Waals surface area contributed by atoms with Gasteiger partial charge in [-0.05, 0) is 56.7 Å². The number of nitrogens with zero attached hydrogens (tertiary/aromatic N) is 5. The van der Waals surface area contributed by atoms with Crippen LogP contribution in [0.5, 0.6) is 0 Å². The van der Waals surface area contributed by atoms with E-state index < -0.39 is 0 Å². The number of pyridine rings is 1. The summed E-state index contributed by atoms with van der Waals surface area (Å²) >= 11 is 0. The molecule has 3 aromatic heterocycles. The van der Waals surface area contributed by atoms with Gasteiger partial charge >= 0.3 is 0 Å². The molecule has 0 spiro atoms. The number of hydrogen-bond donors (Lipinski definition) is 0. The summed E-state index contributed by atoms with van der Waals surface area (Å²) in [6, 6.07) is 7.84. The first-order chi connectivity index (χ1) is 12.6. The average molecular weight is 349 g/mol. The van der Waals surface area contributed by atoms with E-state index in [4.69, 9.17) is 0 Å². The van der Waals surface area contributed by atoms with E-state index in [0.717, 1.165) is 49.4 Å². The van der Waals surface area contributed by atoms with E-state index in [1.54, 1.807) is 16.8 Å². The van der Waals surface area contributed by atoms with Crippen LogP contribution in [0, 0.1) is 19.8 Å². The van der Waals surface area contributed by atoms with Crippen molar-refractivity contribution >= 4 is 11.6 Å². The fraction of sp³-hybridized carbons (Fsp3) is 0.400. The number of piperidine rings is 1. The van der Waals surface area contributed by atoms with Crippen LogP contribution in [0.25, 0.3) is 5.65 Å². The number of amides is 1. The Morgan fingerprint density at radius 1 is 1.31 bits per heavy atom. The third-order valence-corrected chi connectivity index (χ3v) is 5.01. The van der Waals surface area contributed by atoms with Crippen molar-refractivity contribution in [3.8, 4) is 0 Å². The zero-order valence-electron chi connectivity index (χ0n) is 15.2. The second kappa shape index (κ2) is 6.86. The molecule has 0 N–H and O–H groups in total. The maximum Gasteiger partial charge on any atom is 0.274 e. The lowest BCUT2D eigenvalue weighted by Gasteiger charge is -2.32. The van der Waals surface area contributed by atoms with E-state index >= 15 is 0 Å². The summed E-state index contributed by atoms with van der Waals surface area (Å²) < 4.78 is 1.75. The van der Waals surface area contributed by atoms with E-state index in [9.17, 15) is 4.79 Å². The van der Waals surface area contributed by atoms with Gasteiger partial charge in [0, 0.05) is 42.9 Å². The maximum atomic E-state index is 13.0. The molecular weight excluding hydrogens is 326 g/mol. The Morgan fingerprint density at radius 2 is 2.19 bits per heavy atom. The van der Waals surface area contributed by atoms with Crippen LogP contribution in [0.3, 0.4) is 0 Å². The maximum absolute atomic E-state index is 13.0. The number of hydrogen-bond acceptors (Lipinski definition) is 4. The van der Waals surface area contributed by atoms with Crippen LogP contribution in [0.15, 0.2) is 36.7 Å². The smallest absolute Gasteiger partial charge is 0.274 e. The fourth-order valence-corrected chi connectivity index (χ4v) is 3.82. The van der Waals surface area contributed by atoms with Crippen LogP contribution < -0.4 is 0 Å². The summed E-state index contributed by atoms with van der Waals surface area (Å²) in [5.74, 6) is 0.472. The summed E-state index contributed by atoms with van der Waals surface area (Å²) in [5, 5.41) is 4.49. The predicted octanol–water partition coefficient (Wildman–Crippen LogP) is 2.84. The summed E-state index contributed by atoms with van der Waals surface area (Å²) in [5.41, 5.74) is 4.36. The van der Waals surface area contributed by atoms with Crippen molar-refractivity contribution in [2.45, 2.75) is 33.1 Å². The SMILES string of the molecule is Cc1cc(C)n2nc(C(=O)N3CCC[C@@H](Cc4cccnc4)C3)cc2n1. The lowest BCUT2D eigenvalue weighted by Crippen LogP contribution is -2.40. The Hall–Kier alpha value is -2.76. The Morgan fingerprint density at radius 3 is 3.00 bits per heavy atom. The van der Waals surface area contributed by atoms with Gasteiger partial charge in [-0.2, -0.15) is 5.10 Å². The van der Waals surface area contributed by atoms with Crippen molar-refractivity contribution < 1.29 is 4.79 Å². The van der Waals surface area contributed by atoms with Gasteiger partial charge in [0.1, 0.15) is 0 Å². The molecule has 4 heterocycles. The summed E-state index contributed by atoms with van der Waals surface area (Å²) in [6.07, 6.45) is 6.84. The highest BCUT2D eigenvalue weighted by Gasteiger charge is 2.26. The molecule has 0 bridgehead atoms. The first-order valence-corrected chi connectivity index (χ1v) is 9.12. The zero-order valence-corrected chi connectivity index (χ0v) is 15.2. The van der Waals surface area contributed by atoms with Crippen molar-refractivity contribution in [1.29, 1.82) is 0 Å². The van der Waals surface area contributed by atoms with E-state index in [1.807, 2.05) is 37.1 Å². The Balaban J connectivity index is 1.51. The molecule has 1 amide bonds. The number of fused-ring (bicyclic) bond motifs is 1. The normalized spacial score (nSPS) is 17.6. The molecule has 1 aliphatic rings. The van der Waals surface area contributed by atoms with E-state index in [1.165, 1.54) is 5.56 Å². The highest BCUT2D eigenvalue weighted by Crippen LogP contribution is 2.22. The molecule has 0 unspecified atom stereocenters. The summed E-state index contributed by atoms with van der Waals surface area (Å²) in [4.78, 5) is 23.6. The van der Waals surface area contributed by atoms with Gasteiger partial charge in [0.25, 0.3) is 5.91 Å². The van der Waals surface area contributed by atoms with E-state index in [0.29, 0.717) is 11.6 Å². The predicted molar refractivity (Wildman–Crippen MR) is 99.0 cm³/mol. The van der Waals surface area contributed by atoms with Gasteiger partial charge in [0.15, 0.2) is 11.3 Å². The van der Waals surface area contributed by atoms with Gasteiger partial charge < -0.3 is 4.90 Å². The van der Waals surface area contributed by atoms with Crippen LogP contribution in [0.1, 0.15) is 40.3 Å². The molecule has 4 rings (SSSR count). The number of aromatic nitrogens is 4. The second-order valence-corrected chi connectivity index (χ2v) is 7.16. The van der Waals surface area contributed by atoms with Gasteiger partial charge in [-0.3, -0.25) is 9.78 Å². The standard InChI is InChI=1S/C20H23N5O/c1-14-9-15(2)25-19(22-14)11-18(23-25)20(26)24-8-4-6-17(13-24)10-16-5-3-7-21-12-16/h3,5,7,9,11-12,17H,4,6,8,10,13H2,1-2H3/t17-/m0/s1. The highest BCUT2D eigenvalue weighted by atomic mass is 16.2. The van der Waals surface area contributed by atoms with Crippen molar-refractivity contribution in [3.05, 3.63) is 59.3 Å². The molecule has 1 fully saturated rings. The summed E-state index contributed by atoms with van der Waals surface area (Å²) in [6.45, 7) is 5.50. The largest absolute Gasteiger partial charge is 0.337 e. The molecule has 0 aromatic carbocycles. The minimum Gasteiger partial charge on any atom is -0.337 e. The van der Waals surface area contributed by atoms with Crippen molar-refractivity contribution in [2.75, 3.05) is 13.1 Å². The van der Waals surface area contributed by atoms with Crippen LogP contribution in [0.2, 0.25) is 0 Å². The van der Waals surface area contributed by atoms with Crippen molar-refractivity contribution in [3.63, 3.8) is 0 Å². The third kappa shape index (κ3) is 3.31. The lowest BCUT2D eigenvalue weighted by molar-refractivity contribution is 0.0667. The molecule has 1 aliphatic heterocycles. The molecule has 1 atom stereocenters. The van der Waals surface area contributed by atoms with E-state index in [-0.39, 0.29) is 5.91 Å². The topological polar surface area (TPSA) is 63.4 Å². The first-order valence-electron chi connectivity index (χ1n) is 9.12. The quantitative estimate of drug-likeness (QED) is 0.729. The number of aryl methyl sites for hydroxylation is 2. The Labute approximate surface area is 152 Å². The number of carbonyl (C=O) groups excluding carboxylic acids is 1. The molecule has 3 aromatic rings. The Kier molecular flexibility index (Phi) is 4.41. The third-order valence-electron chi connectivity index (χ3n) is 5.01. The molecule has 6 heteroatoms. The van der Waals surface area contributed by atoms with Crippen LogP contribution in [-0.2, 0) is 6.42 Å². The van der Waals surface area contributed by atoms with Crippen LogP contribution in [0.4, 0.5) is 0 Å². The molecule has 26 heavy (non-hydrogen) atoms. The molecular formula is C20H23N5O.